The van der Waals surface area contributed by atoms with Crippen LogP contribution < -0.4 is 0 Å². The summed E-state index contributed by atoms with van der Waals surface area (Å²) in [5, 5.41) is 0. The first-order valence-corrected chi connectivity index (χ1v) is 11.2. The van der Waals surface area contributed by atoms with Crippen LogP contribution in [0, 0.1) is 42.3 Å². The molecule has 0 amide bonds. The van der Waals surface area contributed by atoms with Crippen LogP contribution in [0.25, 0.3) is 0 Å². The summed E-state index contributed by atoms with van der Waals surface area (Å²) >= 11 is 1.51. The molecule has 0 aliphatic heterocycles. The summed E-state index contributed by atoms with van der Waals surface area (Å²) in [5.41, 5.74) is 0.539. The number of esters is 4. The molecule has 2 saturated carbocycles. The van der Waals surface area contributed by atoms with Crippen LogP contribution in [0.4, 0.5) is 4.39 Å². The molecule has 0 heterocycles. The molecule has 1 aromatic carbocycles. The summed E-state index contributed by atoms with van der Waals surface area (Å²) in [4.78, 5) is 47.8. The van der Waals surface area contributed by atoms with Crippen LogP contribution in [0.2, 0.25) is 0 Å². The SMILES string of the molecule is CC(=O)OCOC(=O)C1C(CSc2ccc(F)c(C)c2)CC2C(C(=O)OCOC(C)=O)C21. The van der Waals surface area contributed by atoms with Crippen LogP contribution >= 0.6 is 11.8 Å². The molecule has 0 spiro atoms. The average molecular weight is 468 g/mol. The highest BCUT2D eigenvalue weighted by atomic mass is 32.2. The van der Waals surface area contributed by atoms with Gasteiger partial charge in [-0.15, -0.1) is 11.8 Å². The second kappa shape index (κ2) is 10.3. The number of ether oxygens (including phenoxy) is 4. The molecule has 0 N–H and O–H groups in total. The maximum atomic E-state index is 13.5. The second-order valence-electron chi connectivity index (χ2n) is 7.94. The first-order valence-electron chi connectivity index (χ1n) is 10.2. The van der Waals surface area contributed by atoms with E-state index in [1.165, 1.54) is 31.7 Å². The number of thioether (sulfide) groups is 1. The van der Waals surface area contributed by atoms with E-state index in [0.29, 0.717) is 17.7 Å². The molecule has 2 aliphatic rings. The zero-order chi connectivity index (χ0) is 23.4. The molecule has 174 valence electrons. The largest absolute Gasteiger partial charge is 0.428 e. The Hall–Kier alpha value is -2.62. The third kappa shape index (κ3) is 5.79. The molecule has 0 aromatic heterocycles. The summed E-state index contributed by atoms with van der Waals surface area (Å²) in [7, 11) is 0. The van der Waals surface area contributed by atoms with Crippen molar-refractivity contribution in [2.24, 2.45) is 29.6 Å². The number of hydrogen-bond acceptors (Lipinski definition) is 9. The second-order valence-corrected chi connectivity index (χ2v) is 9.04. The van der Waals surface area contributed by atoms with Crippen LogP contribution in [0.1, 0.15) is 25.8 Å². The fourth-order valence-electron chi connectivity index (χ4n) is 4.30. The van der Waals surface area contributed by atoms with Crippen LogP contribution in [0.3, 0.4) is 0 Å². The Morgan fingerprint density at radius 3 is 2.12 bits per heavy atom. The number of carbonyl (C=O) groups is 4. The summed E-state index contributed by atoms with van der Waals surface area (Å²) in [5.74, 6) is -3.25. The summed E-state index contributed by atoms with van der Waals surface area (Å²) in [6, 6.07) is 4.84. The average Bonchev–Trinajstić information content (AvgIpc) is 3.28. The van der Waals surface area contributed by atoms with Gasteiger partial charge in [0, 0.05) is 24.5 Å². The smallest absolute Gasteiger partial charge is 0.312 e. The first kappa shape index (κ1) is 24.0. The standard InChI is InChI=1S/C22H25FO8S/c1-11-6-15(4-5-17(11)23)32-8-14-7-16-19(18(14)21(26)30-9-28-12(2)24)20(16)22(27)31-10-29-13(3)25/h4-6,14,16,18-20H,7-10H2,1-3H3. The van der Waals surface area contributed by atoms with Crippen LogP contribution in [0.5, 0.6) is 0 Å². The molecule has 2 fully saturated rings. The third-order valence-corrected chi connectivity index (χ3v) is 6.97. The zero-order valence-electron chi connectivity index (χ0n) is 18.0. The maximum Gasteiger partial charge on any atom is 0.312 e. The Morgan fingerprint density at radius 1 is 0.969 bits per heavy atom. The van der Waals surface area contributed by atoms with Gasteiger partial charge < -0.3 is 18.9 Å². The normalized spacial score (nSPS) is 25.4. The molecule has 3 rings (SSSR count). The van der Waals surface area contributed by atoms with Gasteiger partial charge in [-0.2, -0.15) is 0 Å². The predicted molar refractivity (Wildman–Crippen MR) is 109 cm³/mol. The lowest BCUT2D eigenvalue weighted by Gasteiger charge is -2.22. The van der Waals surface area contributed by atoms with E-state index in [-0.39, 0.29) is 23.6 Å². The molecule has 0 radical (unpaired) electrons. The van der Waals surface area contributed by atoms with Crippen molar-refractivity contribution in [2.45, 2.75) is 32.1 Å². The molecule has 0 saturated heterocycles. The van der Waals surface area contributed by atoms with E-state index in [0.717, 1.165) is 4.90 Å². The Balaban J connectivity index is 1.63. The number of fused-ring (bicyclic) bond motifs is 1. The Kier molecular flexibility index (Phi) is 7.76. The van der Waals surface area contributed by atoms with Gasteiger partial charge in [0.2, 0.25) is 13.6 Å². The van der Waals surface area contributed by atoms with E-state index in [1.807, 2.05) is 0 Å². The number of halogens is 1. The van der Waals surface area contributed by atoms with Gasteiger partial charge in [-0.05, 0) is 54.9 Å². The van der Waals surface area contributed by atoms with E-state index < -0.39 is 49.3 Å². The maximum absolute atomic E-state index is 13.5. The van der Waals surface area contributed by atoms with Crippen LogP contribution in [0.15, 0.2) is 23.1 Å². The molecule has 1 aromatic rings. The summed E-state index contributed by atoms with van der Waals surface area (Å²) < 4.78 is 33.0. The van der Waals surface area contributed by atoms with Crippen molar-refractivity contribution in [1.82, 2.24) is 0 Å². The lowest BCUT2D eigenvalue weighted by molar-refractivity contribution is -0.170. The van der Waals surface area contributed by atoms with Crippen molar-refractivity contribution in [3.05, 3.63) is 29.6 Å². The van der Waals surface area contributed by atoms with Gasteiger partial charge in [-0.25, -0.2) is 4.39 Å². The van der Waals surface area contributed by atoms with Crippen molar-refractivity contribution >= 4 is 35.6 Å². The molecular weight excluding hydrogens is 443 g/mol. The number of aryl methyl sites for hydroxylation is 1. The lowest BCUT2D eigenvalue weighted by Crippen LogP contribution is -2.30. The minimum atomic E-state index is -0.570. The third-order valence-electron chi connectivity index (χ3n) is 5.79. The fraction of sp³-hybridized carbons (Fsp3) is 0.545. The van der Waals surface area contributed by atoms with Crippen LogP contribution in [-0.4, -0.2) is 43.2 Å². The van der Waals surface area contributed by atoms with Gasteiger partial charge in [0.15, 0.2) is 0 Å². The number of rotatable bonds is 9. The quantitative estimate of drug-likeness (QED) is 0.307. The zero-order valence-corrected chi connectivity index (χ0v) is 18.8. The van der Waals surface area contributed by atoms with E-state index >= 15 is 0 Å². The molecule has 2 aliphatic carbocycles. The molecule has 5 unspecified atom stereocenters. The monoisotopic (exact) mass is 468 g/mol. The molecular formula is C22H25FO8S. The minimum absolute atomic E-state index is 0.0355. The van der Waals surface area contributed by atoms with Crippen LogP contribution in [-0.2, 0) is 38.1 Å². The topological polar surface area (TPSA) is 105 Å². The van der Waals surface area contributed by atoms with Gasteiger partial charge >= 0.3 is 23.9 Å². The van der Waals surface area contributed by atoms with Crippen molar-refractivity contribution in [3.63, 3.8) is 0 Å². The van der Waals surface area contributed by atoms with Crippen molar-refractivity contribution < 1.29 is 42.5 Å². The predicted octanol–water partition coefficient (Wildman–Crippen LogP) is 2.85. The molecule has 5 atom stereocenters. The summed E-state index contributed by atoms with van der Waals surface area (Å²) in [6.07, 6.45) is 0.624. The van der Waals surface area contributed by atoms with E-state index in [2.05, 4.69) is 4.74 Å². The molecule has 32 heavy (non-hydrogen) atoms. The number of carbonyl (C=O) groups excluding carboxylic acids is 4. The van der Waals surface area contributed by atoms with Gasteiger partial charge in [-0.1, -0.05) is 0 Å². The molecule has 0 bridgehead atoms. The Labute approximate surface area is 189 Å². The van der Waals surface area contributed by atoms with Crippen molar-refractivity contribution in [3.8, 4) is 0 Å². The lowest BCUT2D eigenvalue weighted by atomic mass is 9.90. The molecule has 10 heteroatoms. The number of hydrogen-bond donors (Lipinski definition) is 0. The Bertz CT molecular complexity index is 904. The highest BCUT2D eigenvalue weighted by molar-refractivity contribution is 7.99. The van der Waals surface area contributed by atoms with E-state index in [9.17, 15) is 23.6 Å². The van der Waals surface area contributed by atoms with Gasteiger partial charge in [-0.3, -0.25) is 19.2 Å². The Morgan fingerprint density at radius 2 is 1.56 bits per heavy atom. The van der Waals surface area contributed by atoms with Gasteiger partial charge in [0.1, 0.15) is 5.82 Å². The fourth-order valence-corrected chi connectivity index (χ4v) is 5.48. The van der Waals surface area contributed by atoms with E-state index in [4.69, 9.17) is 14.2 Å². The van der Waals surface area contributed by atoms with Crippen molar-refractivity contribution in [2.75, 3.05) is 19.3 Å². The van der Waals surface area contributed by atoms with Crippen molar-refractivity contribution in [1.29, 1.82) is 0 Å². The molecule has 8 nitrogen and oxygen atoms in total. The highest BCUT2D eigenvalue weighted by Gasteiger charge is 2.67. The highest BCUT2D eigenvalue weighted by Crippen LogP contribution is 2.64. The minimum Gasteiger partial charge on any atom is -0.428 e. The first-order chi connectivity index (χ1) is 15.2. The van der Waals surface area contributed by atoms with Gasteiger partial charge in [0.05, 0.1) is 11.8 Å². The number of benzene rings is 1. The van der Waals surface area contributed by atoms with E-state index in [1.54, 1.807) is 19.1 Å². The van der Waals surface area contributed by atoms with Gasteiger partial charge in [0.25, 0.3) is 0 Å². The summed E-state index contributed by atoms with van der Waals surface area (Å²) in [6.45, 7) is 3.15.